The second-order valence-corrected chi connectivity index (χ2v) is 4.73. The van der Waals surface area contributed by atoms with Crippen molar-refractivity contribution in [2.24, 2.45) is 5.73 Å². The van der Waals surface area contributed by atoms with Crippen LogP contribution in [0.1, 0.15) is 29.9 Å². The molecule has 3 nitrogen and oxygen atoms in total. The molecule has 0 unspecified atom stereocenters. The number of nitrogens with two attached hydrogens (primary N) is 2. The molecule has 0 bridgehead atoms. The number of halogens is 1. The predicted molar refractivity (Wildman–Crippen MR) is 68.6 cm³/mol. The van der Waals surface area contributed by atoms with Gasteiger partial charge in [0.15, 0.2) is 0 Å². The Labute approximate surface area is 101 Å². The summed E-state index contributed by atoms with van der Waals surface area (Å²) < 4.78 is 0. The summed E-state index contributed by atoms with van der Waals surface area (Å²) in [7, 11) is 0. The Morgan fingerprint density at radius 1 is 1.31 bits per heavy atom. The molecular formula is C12H18ClN3. The molecule has 2 rings (SSSR count). The quantitative estimate of drug-likeness (QED) is 0.691. The number of rotatable bonds is 2. The fourth-order valence-corrected chi connectivity index (χ4v) is 2.65. The Morgan fingerprint density at radius 3 is 2.62 bits per heavy atom. The minimum Gasteiger partial charge on any atom is -0.398 e. The van der Waals surface area contributed by atoms with Crippen molar-refractivity contribution in [3.05, 3.63) is 28.3 Å². The minimum atomic E-state index is 0.488. The van der Waals surface area contributed by atoms with Crippen molar-refractivity contribution in [3.63, 3.8) is 0 Å². The Morgan fingerprint density at radius 2 is 2.00 bits per heavy atom. The molecule has 4 heteroatoms. The third-order valence-electron chi connectivity index (χ3n) is 3.27. The van der Waals surface area contributed by atoms with Crippen LogP contribution in [0.5, 0.6) is 0 Å². The number of nitrogen functional groups attached to an aromatic ring is 1. The lowest BCUT2D eigenvalue weighted by Crippen LogP contribution is -2.27. The maximum absolute atomic E-state index is 6.06. The number of anilines is 1. The summed E-state index contributed by atoms with van der Waals surface area (Å²) in [6.45, 7) is 2.60. The fourth-order valence-electron chi connectivity index (χ4n) is 2.41. The van der Waals surface area contributed by atoms with E-state index in [1.165, 1.54) is 5.56 Å². The Hall–Kier alpha value is -0.770. The van der Waals surface area contributed by atoms with Gasteiger partial charge in [0, 0.05) is 17.3 Å². The smallest absolute Gasteiger partial charge is 0.0429 e. The van der Waals surface area contributed by atoms with Gasteiger partial charge in [-0.15, -0.1) is 0 Å². The largest absolute Gasteiger partial charge is 0.398 e. The van der Waals surface area contributed by atoms with Crippen molar-refractivity contribution >= 4 is 17.3 Å². The van der Waals surface area contributed by atoms with E-state index in [4.69, 9.17) is 23.1 Å². The van der Waals surface area contributed by atoms with E-state index in [1.54, 1.807) is 6.07 Å². The topological polar surface area (TPSA) is 64.1 Å². The van der Waals surface area contributed by atoms with Gasteiger partial charge < -0.3 is 16.8 Å². The number of hydrogen-bond acceptors (Lipinski definition) is 3. The first-order chi connectivity index (χ1) is 7.72. The van der Waals surface area contributed by atoms with Crippen LogP contribution in [0.25, 0.3) is 0 Å². The molecule has 5 N–H and O–H groups in total. The Bertz CT molecular complexity index is 373. The van der Waals surface area contributed by atoms with E-state index >= 15 is 0 Å². The predicted octanol–water partition coefficient (Wildman–Crippen LogP) is 1.85. The summed E-state index contributed by atoms with van der Waals surface area (Å²) in [6.07, 6.45) is 2.26. The highest BCUT2D eigenvalue weighted by Gasteiger charge is 2.19. The molecule has 1 aromatic rings. The molecule has 0 radical (unpaired) electrons. The van der Waals surface area contributed by atoms with Crippen molar-refractivity contribution in [2.45, 2.75) is 25.3 Å². The second kappa shape index (κ2) is 5.04. The van der Waals surface area contributed by atoms with Crippen molar-refractivity contribution < 1.29 is 0 Å². The third kappa shape index (κ3) is 2.32. The van der Waals surface area contributed by atoms with Crippen LogP contribution in [0.2, 0.25) is 5.02 Å². The van der Waals surface area contributed by atoms with Crippen molar-refractivity contribution in [3.8, 4) is 0 Å². The monoisotopic (exact) mass is 239 g/mol. The SMILES string of the molecule is NCc1c(N)cc(Cl)cc1C1CCNCC1. The minimum absolute atomic E-state index is 0.488. The number of nitrogens with one attached hydrogen (secondary N) is 1. The van der Waals surface area contributed by atoms with E-state index in [2.05, 4.69) is 5.32 Å². The number of piperidine rings is 1. The second-order valence-electron chi connectivity index (χ2n) is 4.29. The van der Waals surface area contributed by atoms with Crippen LogP contribution < -0.4 is 16.8 Å². The highest BCUT2D eigenvalue weighted by Crippen LogP contribution is 2.33. The van der Waals surface area contributed by atoms with Crippen LogP contribution in [0.4, 0.5) is 5.69 Å². The molecule has 1 aromatic carbocycles. The molecule has 0 aromatic heterocycles. The maximum Gasteiger partial charge on any atom is 0.0429 e. The van der Waals surface area contributed by atoms with Crippen LogP contribution in [-0.2, 0) is 6.54 Å². The summed E-state index contributed by atoms with van der Waals surface area (Å²) >= 11 is 6.06. The highest BCUT2D eigenvalue weighted by atomic mass is 35.5. The number of benzene rings is 1. The van der Waals surface area contributed by atoms with Gasteiger partial charge in [0.25, 0.3) is 0 Å². The normalized spacial score (nSPS) is 17.6. The van der Waals surface area contributed by atoms with E-state index in [1.807, 2.05) is 6.07 Å². The third-order valence-corrected chi connectivity index (χ3v) is 3.49. The van der Waals surface area contributed by atoms with Gasteiger partial charge >= 0.3 is 0 Å². The van der Waals surface area contributed by atoms with Crippen molar-refractivity contribution in [1.29, 1.82) is 0 Å². The molecule has 16 heavy (non-hydrogen) atoms. The zero-order valence-electron chi connectivity index (χ0n) is 9.30. The van der Waals surface area contributed by atoms with Gasteiger partial charge in [-0.1, -0.05) is 11.6 Å². The first-order valence-electron chi connectivity index (χ1n) is 5.71. The average molecular weight is 240 g/mol. The summed E-state index contributed by atoms with van der Waals surface area (Å²) in [4.78, 5) is 0. The van der Waals surface area contributed by atoms with Gasteiger partial charge in [-0.25, -0.2) is 0 Å². The van der Waals surface area contributed by atoms with E-state index in [-0.39, 0.29) is 0 Å². The average Bonchev–Trinajstić information content (AvgIpc) is 2.29. The van der Waals surface area contributed by atoms with Crippen molar-refractivity contribution in [1.82, 2.24) is 5.32 Å². The molecule has 1 fully saturated rings. The summed E-state index contributed by atoms with van der Waals surface area (Å²) in [5.41, 5.74) is 14.8. The Kier molecular flexibility index (Phi) is 3.69. The standard InChI is InChI=1S/C12H18ClN3/c13-9-5-10(8-1-3-16-4-2-8)11(7-14)12(15)6-9/h5-6,8,16H,1-4,7,14-15H2. The number of hydrogen-bond donors (Lipinski definition) is 3. The van der Waals surface area contributed by atoms with Crippen LogP contribution in [-0.4, -0.2) is 13.1 Å². The molecule has 1 aliphatic heterocycles. The van der Waals surface area contributed by atoms with Crippen LogP contribution in [0, 0.1) is 0 Å². The van der Waals surface area contributed by atoms with Crippen LogP contribution in [0.3, 0.4) is 0 Å². The summed E-state index contributed by atoms with van der Waals surface area (Å²) in [5.74, 6) is 0.542. The van der Waals surface area contributed by atoms with Gasteiger partial charge in [-0.2, -0.15) is 0 Å². The molecule has 1 heterocycles. The zero-order valence-corrected chi connectivity index (χ0v) is 10.1. The van der Waals surface area contributed by atoms with E-state index in [0.29, 0.717) is 17.5 Å². The molecule has 1 saturated heterocycles. The molecule has 0 amide bonds. The van der Waals surface area contributed by atoms with Crippen LogP contribution in [0.15, 0.2) is 12.1 Å². The lowest BCUT2D eigenvalue weighted by Gasteiger charge is -2.25. The van der Waals surface area contributed by atoms with Gasteiger partial charge in [-0.05, 0) is 55.1 Å². The van der Waals surface area contributed by atoms with Gasteiger partial charge in [0.05, 0.1) is 0 Å². The van der Waals surface area contributed by atoms with E-state index < -0.39 is 0 Å². The molecule has 0 atom stereocenters. The van der Waals surface area contributed by atoms with E-state index in [0.717, 1.165) is 37.2 Å². The zero-order chi connectivity index (χ0) is 11.5. The molecule has 88 valence electrons. The first kappa shape index (κ1) is 11.7. The van der Waals surface area contributed by atoms with Gasteiger partial charge in [0.2, 0.25) is 0 Å². The molecule has 0 spiro atoms. The van der Waals surface area contributed by atoms with Crippen molar-refractivity contribution in [2.75, 3.05) is 18.8 Å². The maximum atomic E-state index is 6.06. The summed E-state index contributed by atoms with van der Waals surface area (Å²) in [6, 6.07) is 3.81. The molecule has 0 saturated carbocycles. The first-order valence-corrected chi connectivity index (χ1v) is 6.08. The Balaban J connectivity index is 2.36. The fraction of sp³-hybridized carbons (Fsp3) is 0.500. The summed E-state index contributed by atoms with van der Waals surface area (Å²) in [5, 5.41) is 4.07. The lowest BCUT2D eigenvalue weighted by atomic mass is 9.86. The van der Waals surface area contributed by atoms with Gasteiger partial charge in [0.1, 0.15) is 0 Å². The van der Waals surface area contributed by atoms with Crippen LogP contribution >= 0.6 is 11.6 Å². The highest BCUT2D eigenvalue weighted by molar-refractivity contribution is 6.31. The van der Waals surface area contributed by atoms with E-state index in [9.17, 15) is 0 Å². The molecular weight excluding hydrogens is 222 g/mol. The molecule has 0 aliphatic carbocycles. The lowest BCUT2D eigenvalue weighted by molar-refractivity contribution is 0.458. The van der Waals surface area contributed by atoms with Gasteiger partial charge in [-0.3, -0.25) is 0 Å². The molecule has 1 aliphatic rings.